The van der Waals surface area contributed by atoms with E-state index >= 15 is 0 Å². The molecule has 5 N–H and O–H groups in total. The Bertz CT molecular complexity index is 581. The Kier molecular flexibility index (Phi) is 3.14. The molecule has 0 bridgehead atoms. The molecule has 0 saturated carbocycles. The highest BCUT2D eigenvalue weighted by Gasteiger charge is 2.07. The Morgan fingerprint density at radius 2 is 1.72 bits per heavy atom. The van der Waals surface area contributed by atoms with Crippen LogP contribution in [0.5, 0.6) is 0 Å². The van der Waals surface area contributed by atoms with Gasteiger partial charge in [-0.25, -0.2) is 4.39 Å². The summed E-state index contributed by atoms with van der Waals surface area (Å²) in [6.45, 7) is 0. The van der Waals surface area contributed by atoms with E-state index in [0.29, 0.717) is 16.9 Å². The molecule has 2 aromatic rings. The minimum Gasteiger partial charge on any atom is -0.399 e. The van der Waals surface area contributed by atoms with Crippen molar-refractivity contribution in [2.24, 2.45) is 0 Å². The van der Waals surface area contributed by atoms with Crippen molar-refractivity contribution in [2.75, 3.05) is 16.8 Å². The second-order valence-electron chi connectivity index (χ2n) is 3.81. The Morgan fingerprint density at radius 1 is 1.06 bits per heavy atom. The molecule has 0 saturated heterocycles. The molecule has 0 heterocycles. The highest BCUT2D eigenvalue weighted by molar-refractivity contribution is 6.04. The number of carbonyl (C=O) groups is 1. The molecular formula is C13H12FN3O. The van der Waals surface area contributed by atoms with Crippen LogP contribution in [0.3, 0.4) is 0 Å². The topological polar surface area (TPSA) is 81.1 Å². The van der Waals surface area contributed by atoms with Gasteiger partial charge >= 0.3 is 0 Å². The fraction of sp³-hybridized carbons (Fsp3) is 0. The average molecular weight is 245 g/mol. The van der Waals surface area contributed by atoms with Crippen LogP contribution in [0.4, 0.5) is 21.5 Å². The quantitative estimate of drug-likeness (QED) is 0.710. The van der Waals surface area contributed by atoms with Crippen LogP contribution >= 0.6 is 0 Å². The molecule has 0 aliphatic heterocycles. The van der Waals surface area contributed by atoms with Crippen LogP contribution in [-0.4, -0.2) is 5.91 Å². The monoisotopic (exact) mass is 245 g/mol. The van der Waals surface area contributed by atoms with Crippen molar-refractivity contribution in [3.8, 4) is 0 Å². The first-order chi connectivity index (χ1) is 8.56. The van der Waals surface area contributed by atoms with Crippen LogP contribution < -0.4 is 16.8 Å². The standard InChI is InChI=1S/C13H12FN3O/c14-11-6-5-10(7-12(11)16)17-13(18)8-1-3-9(15)4-2-8/h1-7H,15-16H2,(H,17,18). The van der Waals surface area contributed by atoms with Gasteiger partial charge in [-0.2, -0.15) is 0 Å². The Hall–Kier alpha value is -2.56. The number of anilines is 3. The van der Waals surface area contributed by atoms with Crippen molar-refractivity contribution in [3.63, 3.8) is 0 Å². The van der Waals surface area contributed by atoms with Gasteiger partial charge in [0.2, 0.25) is 0 Å². The van der Waals surface area contributed by atoms with Crippen molar-refractivity contribution in [1.29, 1.82) is 0 Å². The second-order valence-corrected chi connectivity index (χ2v) is 3.81. The number of hydrogen-bond donors (Lipinski definition) is 3. The van der Waals surface area contributed by atoms with Gasteiger partial charge in [-0.15, -0.1) is 0 Å². The Balaban J connectivity index is 2.16. The van der Waals surface area contributed by atoms with Crippen molar-refractivity contribution in [1.82, 2.24) is 0 Å². The van der Waals surface area contributed by atoms with Crippen LogP contribution in [0.15, 0.2) is 42.5 Å². The lowest BCUT2D eigenvalue weighted by Gasteiger charge is -2.06. The van der Waals surface area contributed by atoms with E-state index < -0.39 is 5.82 Å². The van der Waals surface area contributed by atoms with E-state index in [2.05, 4.69) is 5.32 Å². The normalized spacial score (nSPS) is 10.1. The molecule has 0 aromatic heterocycles. The minimum absolute atomic E-state index is 0.00916. The molecular weight excluding hydrogens is 233 g/mol. The number of carbonyl (C=O) groups excluding carboxylic acids is 1. The summed E-state index contributed by atoms with van der Waals surface area (Å²) >= 11 is 0. The molecule has 2 aromatic carbocycles. The van der Waals surface area contributed by atoms with E-state index in [4.69, 9.17) is 11.5 Å². The summed E-state index contributed by atoms with van der Waals surface area (Å²) in [6.07, 6.45) is 0. The Morgan fingerprint density at radius 3 is 2.33 bits per heavy atom. The number of halogens is 1. The smallest absolute Gasteiger partial charge is 0.255 e. The number of hydrogen-bond acceptors (Lipinski definition) is 3. The molecule has 92 valence electrons. The lowest BCUT2D eigenvalue weighted by Crippen LogP contribution is -2.12. The van der Waals surface area contributed by atoms with Gasteiger partial charge in [0.25, 0.3) is 5.91 Å². The van der Waals surface area contributed by atoms with Crippen LogP contribution in [0.1, 0.15) is 10.4 Å². The first-order valence-corrected chi connectivity index (χ1v) is 5.28. The van der Waals surface area contributed by atoms with E-state index in [1.165, 1.54) is 18.2 Å². The third kappa shape index (κ3) is 2.57. The maximum atomic E-state index is 13.0. The second kappa shape index (κ2) is 4.75. The molecule has 0 aliphatic carbocycles. The minimum atomic E-state index is -0.513. The predicted molar refractivity (Wildman–Crippen MR) is 69.6 cm³/mol. The molecule has 0 atom stereocenters. The van der Waals surface area contributed by atoms with Gasteiger partial charge in [0.15, 0.2) is 0 Å². The van der Waals surface area contributed by atoms with E-state index in [1.807, 2.05) is 0 Å². The van der Waals surface area contributed by atoms with Crippen LogP contribution in [0, 0.1) is 5.82 Å². The van der Waals surface area contributed by atoms with Crippen molar-refractivity contribution in [3.05, 3.63) is 53.8 Å². The molecule has 2 rings (SSSR count). The van der Waals surface area contributed by atoms with Gasteiger partial charge in [0.1, 0.15) is 5.82 Å². The SMILES string of the molecule is Nc1ccc(C(=O)Nc2ccc(F)c(N)c2)cc1. The third-order valence-corrected chi connectivity index (χ3v) is 2.43. The number of nitrogens with two attached hydrogens (primary N) is 2. The van der Waals surface area contributed by atoms with Gasteiger partial charge in [0, 0.05) is 16.9 Å². The summed E-state index contributed by atoms with van der Waals surface area (Å²) in [5.41, 5.74) is 12.4. The zero-order valence-electron chi connectivity index (χ0n) is 9.48. The van der Waals surface area contributed by atoms with Gasteiger partial charge in [-0.05, 0) is 42.5 Å². The van der Waals surface area contributed by atoms with Crippen molar-refractivity contribution >= 4 is 23.0 Å². The highest BCUT2D eigenvalue weighted by Crippen LogP contribution is 2.17. The molecule has 4 nitrogen and oxygen atoms in total. The molecule has 18 heavy (non-hydrogen) atoms. The van der Waals surface area contributed by atoms with Crippen LogP contribution in [0.25, 0.3) is 0 Å². The summed E-state index contributed by atoms with van der Waals surface area (Å²) in [5.74, 6) is -0.818. The maximum absolute atomic E-state index is 13.0. The summed E-state index contributed by atoms with van der Waals surface area (Å²) in [7, 11) is 0. The lowest BCUT2D eigenvalue weighted by molar-refractivity contribution is 0.102. The first-order valence-electron chi connectivity index (χ1n) is 5.28. The number of amides is 1. The fourth-order valence-corrected chi connectivity index (χ4v) is 1.46. The zero-order chi connectivity index (χ0) is 13.1. The van der Waals surface area contributed by atoms with Crippen LogP contribution in [-0.2, 0) is 0 Å². The fourth-order valence-electron chi connectivity index (χ4n) is 1.46. The summed E-state index contributed by atoms with van der Waals surface area (Å²) in [4.78, 5) is 11.8. The highest BCUT2D eigenvalue weighted by atomic mass is 19.1. The van der Waals surface area contributed by atoms with Gasteiger partial charge < -0.3 is 16.8 Å². The van der Waals surface area contributed by atoms with E-state index in [9.17, 15) is 9.18 Å². The zero-order valence-corrected chi connectivity index (χ0v) is 9.48. The maximum Gasteiger partial charge on any atom is 0.255 e. The first kappa shape index (κ1) is 11.9. The molecule has 1 amide bonds. The molecule has 5 heteroatoms. The van der Waals surface area contributed by atoms with Crippen molar-refractivity contribution in [2.45, 2.75) is 0 Å². The van der Waals surface area contributed by atoms with Gasteiger partial charge in [0.05, 0.1) is 5.69 Å². The number of rotatable bonds is 2. The van der Waals surface area contributed by atoms with E-state index in [0.717, 1.165) is 0 Å². The predicted octanol–water partition coefficient (Wildman–Crippen LogP) is 2.24. The Labute approximate surface area is 103 Å². The molecule has 0 fully saturated rings. The number of nitrogens with one attached hydrogen (secondary N) is 1. The summed E-state index contributed by atoms with van der Waals surface area (Å²) in [5, 5.41) is 2.62. The largest absolute Gasteiger partial charge is 0.399 e. The molecule has 0 aliphatic rings. The number of nitrogen functional groups attached to an aromatic ring is 2. The molecule has 0 radical (unpaired) electrons. The number of benzene rings is 2. The lowest BCUT2D eigenvalue weighted by atomic mass is 10.2. The molecule has 0 spiro atoms. The summed E-state index contributed by atoms with van der Waals surface area (Å²) in [6, 6.07) is 10.5. The molecule has 0 unspecified atom stereocenters. The third-order valence-electron chi connectivity index (χ3n) is 2.43. The average Bonchev–Trinajstić information content (AvgIpc) is 2.34. The van der Waals surface area contributed by atoms with Crippen LogP contribution in [0.2, 0.25) is 0 Å². The van der Waals surface area contributed by atoms with E-state index in [-0.39, 0.29) is 11.6 Å². The van der Waals surface area contributed by atoms with Gasteiger partial charge in [-0.1, -0.05) is 0 Å². The van der Waals surface area contributed by atoms with Gasteiger partial charge in [-0.3, -0.25) is 4.79 Å². The van der Waals surface area contributed by atoms with E-state index in [1.54, 1.807) is 24.3 Å². The van der Waals surface area contributed by atoms with Crippen molar-refractivity contribution < 1.29 is 9.18 Å². The summed E-state index contributed by atoms with van der Waals surface area (Å²) < 4.78 is 13.0.